The zero-order valence-corrected chi connectivity index (χ0v) is 27.1. The molecule has 10 aromatic rings. The Bertz CT molecular complexity index is 2790. The molecule has 0 radical (unpaired) electrons. The molecule has 0 N–H and O–H groups in total. The van der Waals surface area contributed by atoms with E-state index in [-0.39, 0.29) is 0 Å². The van der Waals surface area contributed by atoms with Crippen LogP contribution in [-0.2, 0) is 0 Å². The minimum atomic E-state index is 0.861. The van der Waals surface area contributed by atoms with E-state index in [4.69, 9.17) is 9.97 Å². The van der Waals surface area contributed by atoms with Crippen LogP contribution in [0.4, 0.5) is 0 Å². The molecule has 4 nitrogen and oxygen atoms in total. The number of aromatic nitrogens is 4. The molecule has 10 rings (SSSR count). The van der Waals surface area contributed by atoms with Gasteiger partial charge in [-0.1, -0.05) is 115 Å². The summed E-state index contributed by atoms with van der Waals surface area (Å²) in [5.74, 6) is 0.861. The van der Waals surface area contributed by atoms with Crippen LogP contribution in [0.15, 0.2) is 182 Å². The summed E-state index contributed by atoms with van der Waals surface area (Å²) in [5, 5.41) is 3.59. The maximum absolute atomic E-state index is 5.28. The first-order chi connectivity index (χ1) is 24.8. The van der Waals surface area contributed by atoms with Gasteiger partial charge in [-0.25, -0.2) is 4.98 Å². The van der Waals surface area contributed by atoms with Crippen LogP contribution in [-0.4, -0.2) is 19.1 Å². The molecule has 0 unspecified atom stereocenters. The predicted molar refractivity (Wildman–Crippen MR) is 207 cm³/mol. The average Bonchev–Trinajstić information content (AvgIpc) is 3.71. The van der Waals surface area contributed by atoms with Crippen LogP contribution in [0.2, 0.25) is 0 Å². The van der Waals surface area contributed by atoms with E-state index in [1.165, 1.54) is 21.8 Å². The highest BCUT2D eigenvalue weighted by Gasteiger charge is 2.18. The van der Waals surface area contributed by atoms with Gasteiger partial charge in [0, 0.05) is 33.6 Å². The van der Waals surface area contributed by atoms with Crippen LogP contribution >= 0.6 is 0 Å². The van der Waals surface area contributed by atoms with Crippen molar-refractivity contribution in [1.29, 1.82) is 0 Å². The second kappa shape index (κ2) is 11.4. The number of fused-ring (bicyclic) bond motifs is 6. The van der Waals surface area contributed by atoms with E-state index in [1.807, 2.05) is 18.3 Å². The van der Waals surface area contributed by atoms with Gasteiger partial charge < -0.3 is 4.57 Å². The van der Waals surface area contributed by atoms with E-state index < -0.39 is 0 Å². The third kappa shape index (κ3) is 4.54. The summed E-state index contributed by atoms with van der Waals surface area (Å²) in [6.45, 7) is 0. The standard InChI is InChI=1S/C46H30N4/c1-4-13-31(14-5-1)35-28-40(32-15-6-2-7-16-32)48-45(30-35)50-42-25-23-33(27-39(42)46-43(50)21-12-26-47-46)34-22-24-38-37-19-10-11-20-41(37)49(44(38)29-34)36-17-8-3-9-18-36/h1-30H. The zero-order valence-electron chi connectivity index (χ0n) is 27.1. The molecule has 0 aliphatic rings. The fourth-order valence-electron chi connectivity index (χ4n) is 7.45. The first kappa shape index (κ1) is 28.3. The maximum atomic E-state index is 5.28. The minimum Gasteiger partial charge on any atom is -0.309 e. The molecule has 50 heavy (non-hydrogen) atoms. The van der Waals surface area contributed by atoms with Crippen LogP contribution in [0.5, 0.6) is 0 Å². The minimum absolute atomic E-state index is 0.861. The van der Waals surface area contributed by atoms with Gasteiger partial charge in [-0.15, -0.1) is 0 Å². The lowest BCUT2D eigenvalue weighted by atomic mass is 10.0. The molecule has 0 amide bonds. The Labute approximate surface area is 289 Å². The third-order valence-electron chi connectivity index (χ3n) is 9.76. The van der Waals surface area contributed by atoms with Crippen LogP contribution in [0.1, 0.15) is 0 Å². The molecule has 0 fully saturated rings. The molecule has 4 heterocycles. The second-order valence-corrected chi connectivity index (χ2v) is 12.7. The summed E-state index contributed by atoms with van der Waals surface area (Å²) in [7, 11) is 0. The fraction of sp³-hybridized carbons (Fsp3) is 0. The molecular formula is C46H30N4. The zero-order chi connectivity index (χ0) is 33.0. The van der Waals surface area contributed by atoms with Gasteiger partial charge in [-0.05, 0) is 82.9 Å². The number of hydrogen-bond donors (Lipinski definition) is 0. The lowest BCUT2D eigenvalue weighted by Gasteiger charge is -2.13. The SMILES string of the molecule is c1ccc(-c2cc(-c3ccccc3)nc(-n3c4ccc(-c5ccc6c7ccccc7n(-c7ccccc7)c6c5)cc4c4ncccc43)c2)cc1. The normalized spacial score (nSPS) is 11.6. The van der Waals surface area contributed by atoms with E-state index in [0.717, 1.165) is 67.0 Å². The summed E-state index contributed by atoms with van der Waals surface area (Å²) in [5.41, 5.74) is 13.2. The van der Waals surface area contributed by atoms with E-state index in [1.54, 1.807) is 0 Å². The van der Waals surface area contributed by atoms with Gasteiger partial charge in [0.2, 0.25) is 0 Å². The molecule has 4 heteroatoms. The molecule has 0 spiro atoms. The third-order valence-corrected chi connectivity index (χ3v) is 9.76. The Balaban J connectivity index is 1.18. The summed E-state index contributed by atoms with van der Waals surface area (Å²) in [6, 6.07) is 62.3. The van der Waals surface area contributed by atoms with E-state index in [9.17, 15) is 0 Å². The van der Waals surface area contributed by atoms with Crippen LogP contribution in [0.3, 0.4) is 0 Å². The molecule has 6 aromatic carbocycles. The quantitative estimate of drug-likeness (QED) is 0.188. The fourth-order valence-corrected chi connectivity index (χ4v) is 7.45. The number of para-hydroxylation sites is 2. The van der Waals surface area contributed by atoms with Gasteiger partial charge in [0.25, 0.3) is 0 Å². The van der Waals surface area contributed by atoms with E-state index in [0.29, 0.717) is 0 Å². The monoisotopic (exact) mass is 638 g/mol. The first-order valence-electron chi connectivity index (χ1n) is 16.9. The summed E-state index contributed by atoms with van der Waals surface area (Å²) >= 11 is 0. The van der Waals surface area contributed by atoms with Crippen LogP contribution in [0.25, 0.3) is 88.8 Å². The lowest BCUT2D eigenvalue weighted by Crippen LogP contribution is -2.00. The molecule has 234 valence electrons. The smallest absolute Gasteiger partial charge is 0.138 e. The van der Waals surface area contributed by atoms with E-state index >= 15 is 0 Å². The maximum Gasteiger partial charge on any atom is 0.138 e. The summed E-state index contributed by atoms with van der Waals surface area (Å²) < 4.78 is 4.63. The molecule has 0 aliphatic carbocycles. The molecular weight excluding hydrogens is 609 g/mol. The van der Waals surface area contributed by atoms with Crippen molar-refractivity contribution in [3.05, 3.63) is 182 Å². The van der Waals surface area contributed by atoms with Crippen LogP contribution in [0, 0.1) is 0 Å². The molecule has 0 atom stereocenters. The van der Waals surface area contributed by atoms with Crippen molar-refractivity contribution in [2.24, 2.45) is 0 Å². The van der Waals surface area contributed by atoms with Gasteiger partial charge in [-0.2, -0.15) is 0 Å². The molecule has 4 aromatic heterocycles. The number of nitrogens with zero attached hydrogens (tertiary/aromatic N) is 4. The van der Waals surface area contributed by atoms with Gasteiger partial charge in [-0.3, -0.25) is 9.55 Å². The molecule has 0 bridgehead atoms. The van der Waals surface area contributed by atoms with Crippen molar-refractivity contribution in [1.82, 2.24) is 19.1 Å². The highest BCUT2D eigenvalue weighted by molar-refractivity contribution is 6.11. The van der Waals surface area contributed by atoms with Crippen molar-refractivity contribution < 1.29 is 0 Å². The summed E-state index contributed by atoms with van der Waals surface area (Å²) in [4.78, 5) is 10.2. The topological polar surface area (TPSA) is 35.6 Å². The highest BCUT2D eigenvalue weighted by atomic mass is 15.1. The predicted octanol–water partition coefficient (Wildman–Crippen LogP) is 11.7. The molecule has 0 saturated heterocycles. The van der Waals surface area contributed by atoms with Gasteiger partial charge in [0.1, 0.15) is 5.82 Å². The Morgan fingerprint density at radius 2 is 1.00 bits per heavy atom. The van der Waals surface area contributed by atoms with Crippen LogP contribution < -0.4 is 0 Å². The highest BCUT2D eigenvalue weighted by Crippen LogP contribution is 2.38. The number of benzene rings is 6. The Hall–Kier alpha value is -6.78. The van der Waals surface area contributed by atoms with Crippen molar-refractivity contribution in [2.45, 2.75) is 0 Å². The molecule has 0 aliphatic heterocycles. The largest absolute Gasteiger partial charge is 0.309 e. The van der Waals surface area contributed by atoms with E-state index in [2.05, 4.69) is 173 Å². The average molecular weight is 639 g/mol. The Morgan fingerprint density at radius 3 is 1.82 bits per heavy atom. The second-order valence-electron chi connectivity index (χ2n) is 12.7. The number of pyridine rings is 2. The summed E-state index contributed by atoms with van der Waals surface area (Å²) in [6.07, 6.45) is 1.88. The van der Waals surface area contributed by atoms with Gasteiger partial charge in [0.05, 0.1) is 33.3 Å². The van der Waals surface area contributed by atoms with Crippen molar-refractivity contribution in [3.8, 4) is 45.0 Å². The number of rotatable bonds is 5. The lowest BCUT2D eigenvalue weighted by molar-refractivity contribution is 1.08. The van der Waals surface area contributed by atoms with Crippen molar-refractivity contribution >= 4 is 43.7 Å². The van der Waals surface area contributed by atoms with Gasteiger partial charge in [0.15, 0.2) is 0 Å². The Morgan fingerprint density at radius 1 is 0.360 bits per heavy atom. The van der Waals surface area contributed by atoms with Gasteiger partial charge >= 0.3 is 0 Å². The molecule has 0 saturated carbocycles. The van der Waals surface area contributed by atoms with Crippen molar-refractivity contribution in [2.75, 3.05) is 0 Å². The van der Waals surface area contributed by atoms with Crippen molar-refractivity contribution in [3.63, 3.8) is 0 Å². The Kier molecular flexibility index (Phi) is 6.46. The number of hydrogen-bond acceptors (Lipinski definition) is 2. The first-order valence-corrected chi connectivity index (χ1v) is 16.9.